The summed E-state index contributed by atoms with van der Waals surface area (Å²) in [6, 6.07) is 0. The summed E-state index contributed by atoms with van der Waals surface area (Å²) >= 11 is 0. The summed E-state index contributed by atoms with van der Waals surface area (Å²) in [6.07, 6.45) is 49.3. The SMILES string of the molecule is CCCCCCCCCCCCCCCC(=O)OCC([13CH2]OC(=O)CCCCCCCCCCCCCCC)OC(=O)CCCCCCCCCCCCCCC. The van der Waals surface area contributed by atoms with Crippen molar-refractivity contribution >= 4 is 17.9 Å². The van der Waals surface area contributed by atoms with Crippen LogP contribution < -0.4 is 0 Å². The summed E-state index contributed by atoms with van der Waals surface area (Å²) in [5.41, 5.74) is 0. The van der Waals surface area contributed by atoms with Crippen LogP contribution in [0.4, 0.5) is 0 Å². The largest absolute Gasteiger partial charge is 0.462 e. The first-order valence-corrected chi connectivity index (χ1v) is 25.5. The van der Waals surface area contributed by atoms with Crippen LogP contribution in [0.15, 0.2) is 0 Å². The van der Waals surface area contributed by atoms with Crippen molar-refractivity contribution in [2.24, 2.45) is 0 Å². The number of carbonyl (C=O) groups excluding carboxylic acids is 3. The second kappa shape index (κ2) is 47.1. The van der Waals surface area contributed by atoms with Crippen LogP contribution in [0.1, 0.15) is 290 Å². The van der Waals surface area contributed by atoms with E-state index in [2.05, 4.69) is 20.8 Å². The minimum Gasteiger partial charge on any atom is -0.462 e. The zero-order valence-electron chi connectivity index (χ0n) is 38.6. The van der Waals surface area contributed by atoms with Gasteiger partial charge in [-0.25, -0.2) is 0 Å². The second-order valence-corrected chi connectivity index (χ2v) is 17.5. The lowest BCUT2D eigenvalue weighted by Crippen LogP contribution is -2.30. The van der Waals surface area contributed by atoms with E-state index in [9.17, 15) is 14.4 Å². The van der Waals surface area contributed by atoms with Gasteiger partial charge in [-0.15, -0.1) is 0 Å². The van der Waals surface area contributed by atoms with Gasteiger partial charge in [0.1, 0.15) is 13.2 Å². The van der Waals surface area contributed by atoms with E-state index in [1.165, 1.54) is 193 Å². The molecule has 0 aromatic heterocycles. The van der Waals surface area contributed by atoms with Gasteiger partial charge in [-0.2, -0.15) is 0 Å². The molecule has 0 aromatic rings. The fourth-order valence-corrected chi connectivity index (χ4v) is 7.74. The number of hydrogen-bond donors (Lipinski definition) is 0. The van der Waals surface area contributed by atoms with Gasteiger partial charge in [0.2, 0.25) is 0 Å². The van der Waals surface area contributed by atoms with Crippen molar-refractivity contribution in [1.29, 1.82) is 0 Å². The molecule has 1 atom stereocenters. The number of carbonyl (C=O) groups is 3. The molecule has 0 saturated heterocycles. The Balaban J connectivity index is 4.31. The molecule has 0 heterocycles. The summed E-state index contributed by atoms with van der Waals surface area (Å²) in [5.74, 6) is -0.842. The van der Waals surface area contributed by atoms with Gasteiger partial charge in [-0.05, 0) is 19.3 Å². The Kier molecular flexibility index (Phi) is 45.8. The van der Waals surface area contributed by atoms with Gasteiger partial charge in [0.05, 0.1) is 0 Å². The molecule has 57 heavy (non-hydrogen) atoms. The summed E-state index contributed by atoms with van der Waals surface area (Å²) in [7, 11) is 0. The Morgan fingerprint density at radius 1 is 0.281 bits per heavy atom. The van der Waals surface area contributed by atoms with E-state index in [4.69, 9.17) is 14.2 Å². The summed E-state index contributed by atoms with van der Waals surface area (Å²) in [6.45, 7) is 6.67. The van der Waals surface area contributed by atoms with Gasteiger partial charge in [-0.1, -0.05) is 252 Å². The van der Waals surface area contributed by atoms with Gasteiger partial charge in [0, 0.05) is 19.3 Å². The molecule has 1 unspecified atom stereocenters. The highest BCUT2D eigenvalue weighted by Gasteiger charge is 2.19. The Hall–Kier alpha value is -1.59. The molecule has 0 saturated carbocycles. The van der Waals surface area contributed by atoms with Crippen molar-refractivity contribution < 1.29 is 28.6 Å². The number of ether oxygens (including phenoxy) is 3. The van der Waals surface area contributed by atoms with Crippen LogP contribution >= 0.6 is 0 Å². The minimum atomic E-state index is -0.759. The second-order valence-electron chi connectivity index (χ2n) is 17.5. The Labute approximate surface area is 355 Å². The van der Waals surface area contributed by atoms with Crippen molar-refractivity contribution in [3.05, 3.63) is 0 Å². The number of esters is 3. The maximum absolute atomic E-state index is 12.8. The van der Waals surface area contributed by atoms with E-state index in [1.807, 2.05) is 0 Å². The number of hydrogen-bond acceptors (Lipinski definition) is 6. The third kappa shape index (κ3) is 45.3. The van der Waals surface area contributed by atoms with E-state index in [0.717, 1.165) is 57.8 Å². The van der Waals surface area contributed by atoms with Crippen molar-refractivity contribution in [2.75, 3.05) is 13.2 Å². The lowest BCUT2D eigenvalue weighted by molar-refractivity contribution is -0.167. The van der Waals surface area contributed by atoms with E-state index >= 15 is 0 Å². The van der Waals surface area contributed by atoms with E-state index in [-0.39, 0.29) is 31.1 Å². The first-order valence-electron chi connectivity index (χ1n) is 25.5. The van der Waals surface area contributed by atoms with Crippen LogP contribution in [0.3, 0.4) is 0 Å². The van der Waals surface area contributed by atoms with Gasteiger partial charge < -0.3 is 14.2 Å². The van der Waals surface area contributed by atoms with Crippen molar-refractivity contribution in [3.63, 3.8) is 0 Å². The van der Waals surface area contributed by atoms with Crippen LogP contribution in [-0.4, -0.2) is 37.2 Å². The molecule has 0 aliphatic carbocycles. The first-order chi connectivity index (χ1) is 28.0. The third-order valence-electron chi connectivity index (χ3n) is 11.6. The lowest BCUT2D eigenvalue weighted by Gasteiger charge is -2.18. The van der Waals surface area contributed by atoms with Gasteiger partial charge in [0.25, 0.3) is 0 Å². The molecule has 338 valence electrons. The average molecular weight is 808 g/mol. The summed E-state index contributed by atoms with van der Waals surface area (Å²) in [4.78, 5) is 37.9. The van der Waals surface area contributed by atoms with Crippen LogP contribution in [0.25, 0.3) is 0 Å². The zero-order chi connectivity index (χ0) is 41.5. The predicted molar refractivity (Wildman–Crippen MR) is 243 cm³/mol. The van der Waals surface area contributed by atoms with Crippen LogP contribution in [-0.2, 0) is 28.6 Å². The quantitative estimate of drug-likeness (QED) is 0.0264. The van der Waals surface area contributed by atoms with E-state index < -0.39 is 6.10 Å². The first kappa shape index (κ1) is 55.4. The smallest absolute Gasteiger partial charge is 0.306 e. The Bertz CT molecular complexity index is 798. The van der Waals surface area contributed by atoms with Crippen LogP contribution in [0, 0.1) is 0 Å². The number of unbranched alkanes of at least 4 members (excludes halogenated alkanes) is 36. The maximum Gasteiger partial charge on any atom is 0.306 e. The molecule has 0 amide bonds. The fourth-order valence-electron chi connectivity index (χ4n) is 7.74. The van der Waals surface area contributed by atoms with E-state index in [1.54, 1.807) is 0 Å². The molecule has 0 bridgehead atoms. The van der Waals surface area contributed by atoms with Crippen molar-refractivity contribution in [2.45, 2.75) is 297 Å². The monoisotopic (exact) mass is 808 g/mol. The molecule has 0 rings (SSSR count). The minimum absolute atomic E-state index is 0.0619. The fraction of sp³-hybridized carbons (Fsp3) is 0.941. The molecule has 0 N–H and O–H groups in total. The summed E-state index contributed by atoms with van der Waals surface area (Å²) in [5, 5.41) is 0. The highest BCUT2D eigenvalue weighted by molar-refractivity contribution is 5.71. The molecule has 0 fully saturated rings. The van der Waals surface area contributed by atoms with Crippen molar-refractivity contribution in [1.82, 2.24) is 0 Å². The predicted octanol–water partition coefficient (Wildman–Crippen LogP) is 16.4. The van der Waals surface area contributed by atoms with Gasteiger partial charge >= 0.3 is 17.9 Å². The normalized spacial score (nSPS) is 11.8. The molecule has 6 nitrogen and oxygen atoms in total. The third-order valence-corrected chi connectivity index (χ3v) is 11.6. The standard InChI is InChI=1S/C51H98O6/c1-4-7-10-13-16-19-22-25-28-31-34-37-40-43-49(52)55-46-48(57-51(54)45-42-39-36-33-30-27-24-21-18-15-12-9-6-3)47-56-50(53)44-41-38-35-32-29-26-23-20-17-14-11-8-5-2/h48H,4-47H2,1-3H3/i46+1. The molecule has 0 aliphatic heterocycles. The highest BCUT2D eigenvalue weighted by Crippen LogP contribution is 2.16. The molecule has 0 radical (unpaired) electrons. The zero-order valence-corrected chi connectivity index (χ0v) is 38.6. The highest BCUT2D eigenvalue weighted by atomic mass is 16.6. The van der Waals surface area contributed by atoms with Crippen LogP contribution in [0.2, 0.25) is 0 Å². The van der Waals surface area contributed by atoms with Gasteiger partial charge in [0.15, 0.2) is 6.10 Å². The molecule has 0 aromatic carbocycles. The Morgan fingerprint density at radius 3 is 0.702 bits per heavy atom. The molecule has 0 aliphatic rings. The molecular formula is C51H98O6. The maximum atomic E-state index is 12.8. The average Bonchev–Trinajstić information content (AvgIpc) is 3.21. The van der Waals surface area contributed by atoms with Crippen LogP contribution in [0.5, 0.6) is 0 Å². The lowest BCUT2D eigenvalue weighted by atomic mass is 10.0. The topological polar surface area (TPSA) is 78.9 Å². The molecular weight excluding hydrogens is 710 g/mol. The molecule has 6 heteroatoms. The summed E-state index contributed by atoms with van der Waals surface area (Å²) < 4.78 is 16.8. The number of rotatable bonds is 47. The van der Waals surface area contributed by atoms with E-state index in [0.29, 0.717) is 19.3 Å². The van der Waals surface area contributed by atoms with Crippen molar-refractivity contribution in [3.8, 4) is 0 Å². The van der Waals surface area contributed by atoms with Gasteiger partial charge in [-0.3, -0.25) is 14.4 Å². The molecule has 0 spiro atoms. The Morgan fingerprint density at radius 2 is 0.474 bits per heavy atom.